The minimum Gasteiger partial charge on any atom is -0.342 e. The second-order valence-corrected chi connectivity index (χ2v) is 9.44. The van der Waals surface area contributed by atoms with E-state index >= 15 is 0 Å². The normalized spacial score (nSPS) is 18.5. The fourth-order valence-corrected chi connectivity index (χ4v) is 4.62. The van der Waals surface area contributed by atoms with E-state index in [0.717, 1.165) is 48.1 Å². The monoisotopic (exact) mass is 438 g/mol. The van der Waals surface area contributed by atoms with Crippen LogP contribution in [0.2, 0.25) is 0 Å². The smallest absolute Gasteiger partial charge is 0.228 e. The average molecular weight is 439 g/mol. The fraction of sp³-hybridized carbons (Fsp3) is 0.625. The molecule has 4 heterocycles. The molecule has 0 radical (unpaired) electrons. The highest BCUT2D eigenvalue weighted by atomic mass is 16.2. The third kappa shape index (κ3) is 4.69. The zero-order chi connectivity index (χ0) is 22.8. The summed E-state index contributed by atoms with van der Waals surface area (Å²) < 4.78 is 2.00. The van der Waals surface area contributed by atoms with Crippen molar-refractivity contribution in [3.63, 3.8) is 0 Å². The summed E-state index contributed by atoms with van der Waals surface area (Å²) >= 11 is 0. The van der Waals surface area contributed by atoms with Gasteiger partial charge in [0.15, 0.2) is 0 Å². The Bertz CT molecular complexity index is 998. The van der Waals surface area contributed by atoms with Crippen LogP contribution in [0.1, 0.15) is 68.4 Å². The van der Waals surface area contributed by atoms with E-state index in [2.05, 4.69) is 18.8 Å². The van der Waals surface area contributed by atoms with E-state index in [-0.39, 0.29) is 17.7 Å². The Balaban J connectivity index is 1.46. The van der Waals surface area contributed by atoms with Crippen LogP contribution < -0.4 is 4.90 Å². The third-order valence-corrected chi connectivity index (χ3v) is 6.68. The Hall–Kier alpha value is -2.77. The summed E-state index contributed by atoms with van der Waals surface area (Å²) in [5, 5.41) is 0. The second-order valence-electron chi connectivity index (χ2n) is 9.44. The molecule has 2 aromatic rings. The molecule has 0 aliphatic carbocycles. The number of nitrogens with zero attached hydrogens (tertiary/aromatic N) is 6. The van der Waals surface area contributed by atoms with Crippen LogP contribution in [0.25, 0.3) is 0 Å². The molecule has 172 valence electrons. The van der Waals surface area contributed by atoms with Crippen molar-refractivity contribution in [1.29, 1.82) is 0 Å². The summed E-state index contributed by atoms with van der Waals surface area (Å²) in [6.45, 7) is 11.0. The summed E-state index contributed by atoms with van der Waals surface area (Å²) in [5.41, 5.74) is 2.06. The molecule has 1 atom stereocenters. The lowest BCUT2D eigenvalue weighted by molar-refractivity contribution is -0.130. The van der Waals surface area contributed by atoms with E-state index in [0.29, 0.717) is 44.8 Å². The molecule has 0 aromatic carbocycles. The second kappa shape index (κ2) is 9.38. The number of aryl methyl sites for hydroxylation is 3. The van der Waals surface area contributed by atoms with E-state index in [9.17, 15) is 9.59 Å². The lowest BCUT2D eigenvalue weighted by Gasteiger charge is -2.30. The molecule has 2 aliphatic heterocycles. The maximum absolute atomic E-state index is 12.8. The number of imidazole rings is 1. The first-order valence-electron chi connectivity index (χ1n) is 11.8. The van der Waals surface area contributed by atoms with Crippen LogP contribution >= 0.6 is 0 Å². The lowest BCUT2D eigenvalue weighted by atomic mass is 10.0. The van der Waals surface area contributed by atoms with Crippen molar-refractivity contribution >= 4 is 17.6 Å². The highest BCUT2D eigenvalue weighted by molar-refractivity contribution is 5.95. The zero-order valence-corrected chi connectivity index (χ0v) is 19.7. The van der Waals surface area contributed by atoms with Crippen molar-refractivity contribution in [3.05, 3.63) is 35.3 Å². The first-order chi connectivity index (χ1) is 15.3. The highest BCUT2D eigenvalue weighted by Gasteiger charge is 2.33. The molecule has 2 aromatic heterocycles. The number of fused-ring (bicyclic) bond motifs is 1. The molecular formula is C24H34N6O2. The van der Waals surface area contributed by atoms with Gasteiger partial charge in [0, 0.05) is 68.6 Å². The van der Waals surface area contributed by atoms with Gasteiger partial charge in [-0.15, -0.1) is 0 Å². The Morgan fingerprint density at radius 3 is 2.72 bits per heavy atom. The molecule has 32 heavy (non-hydrogen) atoms. The SMILES string of the molecule is Cc1nc([C@@H]2CCN(C(=O)CCn3ccnc3C)C2)nc2c1CCC(=O)N2CCC(C)C. The van der Waals surface area contributed by atoms with Gasteiger partial charge in [0.05, 0.1) is 0 Å². The number of hydrogen-bond acceptors (Lipinski definition) is 5. The molecule has 0 saturated carbocycles. The molecular weight excluding hydrogens is 404 g/mol. The maximum Gasteiger partial charge on any atom is 0.228 e. The molecule has 4 rings (SSSR count). The van der Waals surface area contributed by atoms with Gasteiger partial charge in [0.1, 0.15) is 17.5 Å². The van der Waals surface area contributed by atoms with Gasteiger partial charge >= 0.3 is 0 Å². The molecule has 1 fully saturated rings. The van der Waals surface area contributed by atoms with Crippen LogP contribution in [-0.2, 0) is 22.6 Å². The predicted octanol–water partition coefficient (Wildman–Crippen LogP) is 3.02. The van der Waals surface area contributed by atoms with Crippen molar-refractivity contribution in [2.75, 3.05) is 24.5 Å². The van der Waals surface area contributed by atoms with Crippen molar-refractivity contribution in [2.45, 2.75) is 72.3 Å². The molecule has 0 unspecified atom stereocenters. The van der Waals surface area contributed by atoms with Crippen LogP contribution in [-0.4, -0.2) is 55.9 Å². The van der Waals surface area contributed by atoms with Gasteiger partial charge in [-0.25, -0.2) is 15.0 Å². The summed E-state index contributed by atoms with van der Waals surface area (Å²) in [6, 6.07) is 0. The maximum atomic E-state index is 12.8. The van der Waals surface area contributed by atoms with E-state index in [1.54, 1.807) is 6.20 Å². The van der Waals surface area contributed by atoms with Crippen LogP contribution in [0.3, 0.4) is 0 Å². The van der Waals surface area contributed by atoms with Gasteiger partial charge in [0.2, 0.25) is 11.8 Å². The highest BCUT2D eigenvalue weighted by Crippen LogP contribution is 2.32. The zero-order valence-electron chi connectivity index (χ0n) is 19.7. The minimum atomic E-state index is 0.113. The number of anilines is 1. The van der Waals surface area contributed by atoms with E-state index in [1.165, 1.54) is 0 Å². The molecule has 0 spiro atoms. The Labute approximate surface area is 190 Å². The van der Waals surface area contributed by atoms with Gasteiger partial charge in [-0.1, -0.05) is 13.8 Å². The van der Waals surface area contributed by atoms with E-state index in [4.69, 9.17) is 9.97 Å². The Kier molecular flexibility index (Phi) is 6.58. The molecule has 8 nitrogen and oxygen atoms in total. The van der Waals surface area contributed by atoms with Crippen LogP contribution in [0.15, 0.2) is 12.4 Å². The molecule has 0 bridgehead atoms. The topological polar surface area (TPSA) is 84.2 Å². The van der Waals surface area contributed by atoms with Crippen LogP contribution in [0, 0.1) is 19.8 Å². The largest absolute Gasteiger partial charge is 0.342 e. The van der Waals surface area contributed by atoms with Gasteiger partial charge in [0.25, 0.3) is 0 Å². The van der Waals surface area contributed by atoms with E-state index < -0.39 is 0 Å². The number of amides is 2. The van der Waals surface area contributed by atoms with Crippen molar-refractivity contribution in [2.24, 2.45) is 5.92 Å². The predicted molar refractivity (Wildman–Crippen MR) is 122 cm³/mol. The number of aromatic nitrogens is 4. The summed E-state index contributed by atoms with van der Waals surface area (Å²) in [5.74, 6) is 3.44. The number of carbonyl (C=O) groups excluding carboxylic acids is 2. The van der Waals surface area contributed by atoms with Gasteiger partial charge < -0.3 is 9.47 Å². The number of rotatable bonds is 7. The molecule has 1 saturated heterocycles. The van der Waals surface area contributed by atoms with Gasteiger partial charge in [-0.05, 0) is 39.0 Å². The number of carbonyl (C=O) groups is 2. The summed E-state index contributed by atoms with van der Waals surface area (Å²) in [7, 11) is 0. The summed E-state index contributed by atoms with van der Waals surface area (Å²) in [4.78, 5) is 43.1. The first-order valence-corrected chi connectivity index (χ1v) is 11.8. The quantitative estimate of drug-likeness (QED) is 0.663. The fourth-order valence-electron chi connectivity index (χ4n) is 4.62. The number of likely N-dealkylation sites (tertiary alicyclic amines) is 1. The molecule has 2 aliphatic rings. The Morgan fingerprint density at radius 1 is 1.19 bits per heavy atom. The molecule has 8 heteroatoms. The van der Waals surface area contributed by atoms with Crippen molar-refractivity contribution in [1.82, 2.24) is 24.4 Å². The first kappa shape index (κ1) is 22.4. The molecule has 2 amide bonds. The Morgan fingerprint density at radius 2 is 2.00 bits per heavy atom. The van der Waals surface area contributed by atoms with Gasteiger partial charge in [-0.2, -0.15) is 0 Å². The van der Waals surface area contributed by atoms with Crippen molar-refractivity contribution in [3.8, 4) is 0 Å². The van der Waals surface area contributed by atoms with Gasteiger partial charge in [-0.3, -0.25) is 14.5 Å². The summed E-state index contributed by atoms with van der Waals surface area (Å²) in [6.07, 6.45) is 7.17. The minimum absolute atomic E-state index is 0.113. The van der Waals surface area contributed by atoms with Crippen molar-refractivity contribution < 1.29 is 9.59 Å². The molecule has 0 N–H and O–H groups in total. The van der Waals surface area contributed by atoms with E-state index in [1.807, 2.05) is 34.4 Å². The lowest BCUT2D eigenvalue weighted by Crippen LogP contribution is -2.38. The third-order valence-electron chi connectivity index (χ3n) is 6.68. The standard InChI is InChI=1S/C24H34N6O2/c1-16(2)7-13-30-22(32)6-5-20-17(3)26-23(27-24(20)30)19-8-11-29(15-19)21(31)9-12-28-14-10-25-18(28)4/h10,14,16,19H,5-9,11-13,15H2,1-4H3/t19-/m1/s1. The van der Waals surface area contributed by atoms with Crippen LogP contribution in [0.5, 0.6) is 0 Å². The van der Waals surface area contributed by atoms with Crippen LogP contribution in [0.4, 0.5) is 5.82 Å². The average Bonchev–Trinajstić information content (AvgIpc) is 3.40. The number of hydrogen-bond donors (Lipinski definition) is 0.